The summed E-state index contributed by atoms with van der Waals surface area (Å²) in [5.41, 5.74) is 7.20. The molecule has 1 aromatic heterocycles. The summed E-state index contributed by atoms with van der Waals surface area (Å²) in [4.78, 5) is 8.41. The first-order valence-corrected chi connectivity index (χ1v) is 8.65. The Morgan fingerprint density at radius 2 is 2.19 bits per heavy atom. The molecule has 7 heteroatoms. The van der Waals surface area contributed by atoms with Gasteiger partial charge in [-0.15, -0.1) is 0 Å². The highest BCUT2D eigenvalue weighted by atomic mass is 19.1. The lowest BCUT2D eigenvalue weighted by Crippen LogP contribution is -2.52. The van der Waals surface area contributed by atoms with Gasteiger partial charge in [-0.05, 0) is 29.8 Å². The summed E-state index contributed by atoms with van der Waals surface area (Å²) in [5.74, 6) is 0.227. The molecule has 3 aliphatic heterocycles. The van der Waals surface area contributed by atoms with E-state index >= 15 is 0 Å². The van der Waals surface area contributed by atoms with Gasteiger partial charge in [0.05, 0.1) is 19.1 Å². The lowest BCUT2D eigenvalue weighted by molar-refractivity contribution is -0.0726. The van der Waals surface area contributed by atoms with Gasteiger partial charge in [0.1, 0.15) is 24.0 Å². The summed E-state index contributed by atoms with van der Waals surface area (Å²) in [5, 5.41) is 0. The van der Waals surface area contributed by atoms with Gasteiger partial charge in [-0.3, -0.25) is 0 Å². The van der Waals surface area contributed by atoms with Gasteiger partial charge in [0, 0.05) is 23.7 Å². The summed E-state index contributed by atoms with van der Waals surface area (Å²) in [6.07, 6.45) is 2.22. The number of fused-ring (bicyclic) bond motifs is 4. The maximum atomic E-state index is 14.2. The fraction of sp³-hybridized carbons (Fsp3) is 0.368. The highest BCUT2D eigenvalue weighted by molar-refractivity contribution is 5.75. The molecule has 4 heterocycles. The van der Waals surface area contributed by atoms with Crippen molar-refractivity contribution < 1.29 is 18.6 Å². The number of hydrogen-bond donors (Lipinski definition) is 1. The van der Waals surface area contributed by atoms with Crippen LogP contribution in [0, 0.1) is 11.9 Å². The molecule has 26 heavy (non-hydrogen) atoms. The zero-order valence-corrected chi connectivity index (χ0v) is 14.0. The molecular weight excluding hydrogens is 337 g/mol. The first kappa shape index (κ1) is 15.6. The first-order chi connectivity index (χ1) is 12.7. The molecule has 0 aliphatic carbocycles. The van der Waals surface area contributed by atoms with E-state index in [1.54, 1.807) is 12.1 Å². The third kappa shape index (κ3) is 2.20. The van der Waals surface area contributed by atoms with Crippen molar-refractivity contribution in [3.05, 3.63) is 48.0 Å². The van der Waals surface area contributed by atoms with Crippen LogP contribution in [0.4, 0.5) is 4.39 Å². The topological polar surface area (TPSA) is 79.0 Å². The average Bonchev–Trinajstić information content (AvgIpc) is 3.05. The molecular formula is C19H18FN3O3. The molecule has 3 atom stereocenters. The zero-order chi connectivity index (χ0) is 17.7. The van der Waals surface area contributed by atoms with Gasteiger partial charge < -0.3 is 19.9 Å². The number of nitrogens with zero attached hydrogens (tertiary/aromatic N) is 2. The van der Waals surface area contributed by atoms with Crippen molar-refractivity contribution in [3.8, 4) is 16.9 Å². The summed E-state index contributed by atoms with van der Waals surface area (Å²) in [6, 6.07) is 9.20. The van der Waals surface area contributed by atoms with Crippen LogP contribution in [0.5, 0.6) is 5.75 Å². The number of hydrogen-bond acceptors (Lipinski definition) is 6. The molecule has 2 aromatic rings. The van der Waals surface area contributed by atoms with Crippen LogP contribution in [-0.4, -0.2) is 36.9 Å². The minimum absolute atomic E-state index is 0.00112. The van der Waals surface area contributed by atoms with E-state index in [4.69, 9.17) is 19.9 Å². The molecule has 0 saturated carbocycles. The Balaban J connectivity index is 1.69. The van der Waals surface area contributed by atoms with Crippen molar-refractivity contribution in [1.29, 1.82) is 0 Å². The van der Waals surface area contributed by atoms with Crippen molar-refractivity contribution in [2.24, 2.45) is 16.6 Å². The number of ether oxygens (including phenoxy) is 3. The third-order valence-corrected chi connectivity index (χ3v) is 5.45. The molecule has 134 valence electrons. The Morgan fingerprint density at radius 1 is 1.27 bits per heavy atom. The Bertz CT molecular complexity index is 903. The normalized spacial score (nSPS) is 29.3. The molecule has 1 fully saturated rings. The van der Waals surface area contributed by atoms with E-state index in [2.05, 4.69) is 9.98 Å². The van der Waals surface area contributed by atoms with E-state index in [9.17, 15) is 4.39 Å². The molecule has 3 aliphatic rings. The summed E-state index contributed by atoms with van der Waals surface area (Å²) < 4.78 is 31.6. The molecule has 2 N–H and O–H groups in total. The van der Waals surface area contributed by atoms with E-state index in [0.717, 1.165) is 17.7 Å². The number of aromatic nitrogens is 1. The van der Waals surface area contributed by atoms with Gasteiger partial charge in [0.15, 0.2) is 0 Å². The Labute approximate surface area is 149 Å². The Hall–Kier alpha value is -2.67. The van der Waals surface area contributed by atoms with Gasteiger partial charge in [0.25, 0.3) is 6.02 Å². The van der Waals surface area contributed by atoms with Crippen LogP contribution in [0.15, 0.2) is 41.5 Å². The van der Waals surface area contributed by atoms with Crippen molar-refractivity contribution in [3.63, 3.8) is 0 Å². The number of pyridine rings is 1. The maximum Gasteiger partial charge on any atom is 0.283 e. The van der Waals surface area contributed by atoms with Gasteiger partial charge in [-0.25, -0.2) is 9.98 Å². The molecule has 1 saturated heterocycles. The summed E-state index contributed by atoms with van der Waals surface area (Å²) in [7, 11) is 0. The number of halogens is 1. The van der Waals surface area contributed by atoms with Gasteiger partial charge in [-0.1, -0.05) is 6.07 Å². The molecule has 5 rings (SSSR count). The number of aliphatic imine (C=N–C) groups is 1. The maximum absolute atomic E-state index is 14.2. The fourth-order valence-electron chi connectivity index (χ4n) is 4.18. The quantitative estimate of drug-likeness (QED) is 0.794. The van der Waals surface area contributed by atoms with Crippen LogP contribution in [0.25, 0.3) is 11.1 Å². The summed E-state index contributed by atoms with van der Waals surface area (Å²) >= 11 is 0. The predicted octanol–water partition coefficient (Wildman–Crippen LogP) is 2.23. The number of amidine groups is 1. The molecule has 1 unspecified atom stereocenters. The van der Waals surface area contributed by atoms with Crippen LogP contribution in [0.2, 0.25) is 0 Å². The van der Waals surface area contributed by atoms with E-state index < -0.39 is 11.5 Å². The molecule has 0 radical (unpaired) electrons. The smallest absolute Gasteiger partial charge is 0.283 e. The Morgan fingerprint density at radius 3 is 3.00 bits per heavy atom. The SMILES string of the molecule is NC1=N[C@@]2(CO1)c1cc(-c3cccnc3F)ccc1OC1CCOC[C@H]12. The van der Waals surface area contributed by atoms with Crippen molar-refractivity contribution >= 4 is 6.02 Å². The Kier molecular flexibility index (Phi) is 3.40. The lowest BCUT2D eigenvalue weighted by atomic mass is 9.72. The van der Waals surface area contributed by atoms with Crippen molar-refractivity contribution in [2.75, 3.05) is 19.8 Å². The number of rotatable bonds is 1. The second kappa shape index (κ2) is 5.67. The van der Waals surface area contributed by atoms with Crippen LogP contribution in [0.3, 0.4) is 0 Å². The molecule has 1 aromatic carbocycles. The number of nitrogens with two attached hydrogens (primary N) is 1. The second-order valence-electron chi connectivity index (χ2n) is 6.84. The molecule has 0 amide bonds. The van der Waals surface area contributed by atoms with Gasteiger partial charge in [-0.2, -0.15) is 4.39 Å². The lowest BCUT2D eigenvalue weighted by Gasteiger charge is -2.45. The van der Waals surface area contributed by atoms with E-state index in [0.29, 0.717) is 30.9 Å². The van der Waals surface area contributed by atoms with Gasteiger partial charge in [0.2, 0.25) is 5.95 Å². The largest absolute Gasteiger partial charge is 0.489 e. The molecule has 0 bridgehead atoms. The molecule has 1 spiro atoms. The number of benzene rings is 1. The highest BCUT2D eigenvalue weighted by Gasteiger charge is 2.54. The fourth-order valence-corrected chi connectivity index (χ4v) is 4.18. The van der Waals surface area contributed by atoms with E-state index in [1.165, 1.54) is 6.20 Å². The monoisotopic (exact) mass is 355 g/mol. The summed E-state index contributed by atoms with van der Waals surface area (Å²) in [6.45, 7) is 1.51. The van der Waals surface area contributed by atoms with Crippen LogP contribution < -0.4 is 10.5 Å². The van der Waals surface area contributed by atoms with Crippen LogP contribution in [0.1, 0.15) is 12.0 Å². The first-order valence-electron chi connectivity index (χ1n) is 8.65. The van der Waals surface area contributed by atoms with Crippen molar-refractivity contribution in [1.82, 2.24) is 4.98 Å². The van der Waals surface area contributed by atoms with E-state index in [1.807, 2.05) is 18.2 Å². The predicted molar refractivity (Wildman–Crippen MR) is 92.2 cm³/mol. The molecule has 6 nitrogen and oxygen atoms in total. The highest BCUT2D eigenvalue weighted by Crippen LogP contribution is 2.50. The van der Waals surface area contributed by atoms with Crippen molar-refractivity contribution in [2.45, 2.75) is 18.1 Å². The van der Waals surface area contributed by atoms with E-state index in [-0.39, 0.29) is 18.0 Å². The third-order valence-electron chi connectivity index (χ3n) is 5.45. The van der Waals surface area contributed by atoms with Gasteiger partial charge >= 0.3 is 0 Å². The van der Waals surface area contributed by atoms with Crippen LogP contribution in [-0.2, 0) is 15.0 Å². The van der Waals surface area contributed by atoms with Crippen LogP contribution >= 0.6 is 0 Å². The zero-order valence-electron chi connectivity index (χ0n) is 14.0. The standard InChI is InChI=1S/C19H18FN3O3/c20-17-12(2-1-6-22-17)11-3-4-15-13(8-11)19(10-25-18(21)23-19)14-9-24-7-5-16(14)26-15/h1-4,6,8,14,16H,5,7,9-10H2,(H2,21,23)/t14-,16?,19+/m1/s1. The average molecular weight is 355 g/mol. The minimum Gasteiger partial charge on any atom is -0.489 e. The second-order valence-corrected chi connectivity index (χ2v) is 6.84. The minimum atomic E-state index is -0.669.